The van der Waals surface area contributed by atoms with Gasteiger partial charge in [0.2, 0.25) is 0 Å². The van der Waals surface area contributed by atoms with E-state index in [2.05, 4.69) is 27.8 Å². The van der Waals surface area contributed by atoms with E-state index in [9.17, 15) is 14.4 Å². The molecule has 1 saturated heterocycles. The molecule has 0 bridgehead atoms. The molecule has 1 aliphatic rings. The van der Waals surface area contributed by atoms with Crippen LogP contribution in [0.3, 0.4) is 0 Å². The Labute approximate surface area is 232 Å². The molecule has 1 N–H and O–H groups in total. The van der Waals surface area contributed by atoms with Gasteiger partial charge in [-0.05, 0) is 81.7 Å². The van der Waals surface area contributed by atoms with Gasteiger partial charge in [-0.15, -0.1) is 0 Å². The molecule has 3 aromatic carbocycles. The van der Waals surface area contributed by atoms with Crippen LogP contribution in [0.5, 0.6) is 17.2 Å². The van der Waals surface area contributed by atoms with Crippen LogP contribution in [0.4, 0.5) is 10.5 Å². The van der Waals surface area contributed by atoms with Crippen LogP contribution < -0.4 is 24.4 Å². The summed E-state index contributed by atoms with van der Waals surface area (Å²) in [6, 6.07) is 16.1. The van der Waals surface area contributed by atoms with E-state index >= 15 is 0 Å². The molecule has 1 fully saturated rings. The van der Waals surface area contributed by atoms with Crippen LogP contribution in [0.15, 0.2) is 83.4 Å². The number of imide groups is 2. The third-order valence-corrected chi connectivity index (χ3v) is 6.26. The average Bonchev–Trinajstić information content (AvgIpc) is 2.90. The van der Waals surface area contributed by atoms with Gasteiger partial charge in [-0.25, -0.2) is 9.69 Å². The van der Waals surface area contributed by atoms with E-state index in [-0.39, 0.29) is 17.9 Å². The molecule has 10 heteroatoms. The number of hydrogen-bond donors (Lipinski definition) is 1. The summed E-state index contributed by atoms with van der Waals surface area (Å²) in [4.78, 5) is 39.3. The highest BCUT2D eigenvalue weighted by atomic mass is 79.9. The van der Waals surface area contributed by atoms with Gasteiger partial charge in [-0.1, -0.05) is 36.4 Å². The second kappa shape index (κ2) is 12.0. The number of benzene rings is 3. The average molecular weight is 598 g/mol. The number of nitrogens with zero attached hydrogens (tertiary/aromatic N) is 1. The lowest BCUT2D eigenvalue weighted by Gasteiger charge is -2.26. The van der Waals surface area contributed by atoms with Crippen molar-refractivity contribution in [3.8, 4) is 17.2 Å². The van der Waals surface area contributed by atoms with Crippen molar-refractivity contribution in [2.24, 2.45) is 0 Å². The lowest BCUT2D eigenvalue weighted by atomic mass is 10.1. The molecular formula is C28H22BrClN2O6. The Morgan fingerprint density at radius 3 is 2.39 bits per heavy atom. The van der Waals surface area contributed by atoms with Gasteiger partial charge in [-0.2, -0.15) is 0 Å². The summed E-state index contributed by atoms with van der Waals surface area (Å²) in [6.07, 6.45) is 2.97. The van der Waals surface area contributed by atoms with E-state index in [4.69, 9.17) is 25.8 Å². The summed E-state index contributed by atoms with van der Waals surface area (Å²) in [6.45, 7) is 4.20. The molecule has 0 saturated carbocycles. The predicted octanol–water partition coefficient (Wildman–Crippen LogP) is 5.92. The van der Waals surface area contributed by atoms with Crippen LogP contribution in [0.25, 0.3) is 6.08 Å². The second-order valence-corrected chi connectivity index (χ2v) is 9.29. The monoisotopic (exact) mass is 596 g/mol. The number of carbonyl (C=O) groups is 3. The molecule has 4 rings (SSSR count). The Morgan fingerprint density at radius 2 is 1.74 bits per heavy atom. The maximum absolute atomic E-state index is 13.3. The molecule has 8 nitrogen and oxygen atoms in total. The van der Waals surface area contributed by atoms with Crippen LogP contribution in [0.1, 0.15) is 11.1 Å². The Balaban J connectivity index is 1.55. The molecule has 0 aliphatic carbocycles. The van der Waals surface area contributed by atoms with Crippen molar-refractivity contribution in [3.63, 3.8) is 0 Å². The van der Waals surface area contributed by atoms with Crippen LogP contribution >= 0.6 is 27.5 Å². The van der Waals surface area contributed by atoms with Crippen molar-refractivity contribution < 1.29 is 28.6 Å². The molecule has 0 atom stereocenters. The van der Waals surface area contributed by atoms with Crippen molar-refractivity contribution in [2.75, 3.05) is 18.6 Å². The first-order chi connectivity index (χ1) is 18.3. The Morgan fingerprint density at radius 1 is 1.03 bits per heavy atom. The van der Waals surface area contributed by atoms with Crippen LogP contribution in [0, 0.1) is 0 Å². The summed E-state index contributed by atoms with van der Waals surface area (Å²) in [5.74, 6) is -0.198. The molecule has 1 aliphatic heterocycles. The second-order valence-electron chi connectivity index (χ2n) is 8.00. The van der Waals surface area contributed by atoms with Crippen molar-refractivity contribution in [3.05, 3.63) is 99.5 Å². The molecule has 194 valence electrons. The van der Waals surface area contributed by atoms with Crippen LogP contribution in [0.2, 0.25) is 5.02 Å². The first kappa shape index (κ1) is 27.0. The van der Waals surface area contributed by atoms with Gasteiger partial charge in [-0.3, -0.25) is 14.9 Å². The topological polar surface area (TPSA) is 94.2 Å². The van der Waals surface area contributed by atoms with Gasteiger partial charge in [0, 0.05) is 5.02 Å². The predicted molar refractivity (Wildman–Crippen MR) is 148 cm³/mol. The fraction of sp³-hybridized carbons (Fsp3) is 0.107. The zero-order valence-electron chi connectivity index (χ0n) is 20.2. The number of anilines is 1. The standard InChI is InChI=1S/C28H22BrClN2O6/c1-3-12-37-25-23(29)14-18(15-24(25)36-2)13-22-26(33)31-28(35)32(27(22)34)20-8-10-21(11-9-20)38-16-17-4-6-19(30)7-5-17/h3-11,13-15H,1,12,16H2,2H3,(H,31,33,35)/b22-13+. The van der Waals surface area contributed by atoms with Crippen molar-refractivity contribution in [1.29, 1.82) is 0 Å². The third-order valence-electron chi connectivity index (χ3n) is 5.42. The normalized spacial score (nSPS) is 14.3. The number of hydrogen-bond acceptors (Lipinski definition) is 6. The lowest BCUT2D eigenvalue weighted by Crippen LogP contribution is -2.54. The summed E-state index contributed by atoms with van der Waals surface area (Å²) in [5.41, 5.74) is 1.47. The largest absolute Gasteiger partial charge is 0.493 e. The molecule has 38 heavy (non-hydrogen) atoms. The quantitative estimate of drug-likeness (QED) is 0.187. The van der Waals surface area contributed by atoms with Gasteiger partial charge < -0.3 is 14.2 Å². The fourth-order valence-corrected chi connectivity index (χ4v) is 4.30. The highest BCUT2D eigenvalue weighted by Gasteiger charge is 2.37. The minimum Gasteiger partial charge on any atom is -0.493 e. The molecule has 0 unspecified atom stereocenters. The van der Waals surface area contributed by atoms with Gasteiger partial charge in [0.05, 0.1) is 17.3 Å². The van der Waals surface area contributed by atoms with E-state index in [0.717, 1.165) is 10.5 Å². The zero-order chi connectivity index (χ0) is 27.2. The smallest absolute Gasteiger partial charge is 0.335 e. The molecule has 0 spiro atoms. The van der Waals surface area contributed by atoms with Crippen molar-refractivity contribution >= 4 is 57.1 Å². The van der Waals surface area contributed by atoms with E-state index in [1.165, 1.54) is 13.2 Å². The number of methoxy groups -OCH3 is 1. The van der Waals surface area contributed by atoms with E-state index in [1.54, 1.807) is 54.6 Å². The first-order valence-corrected chi connectivity index (χ1v) is 12.5. The minimum atomic E-state index is -0.848. The summed E-state index contributed by atoms with van der Waals surface area (Å²) >= 11 is 9.33. The molecule has 1 heterocycles. The Bertz CT molecular complexity index is 1420. The number of amides is 4. The van der Waals surface area contributed by atoms with E-state index in [1.807, 2.05) is 12.1 Å². The third kappa shape index (κ3) is 6.07. The first-order valence-electron chi connectivity index (χ1n) is 11.3. The van der Waals surface area contributed by atoms with Crippen molar-refractivity contribution in [2.45, 2.75) is 6.61 Å². The maximum Gasteiger partial charge on any atom is 0.335 e. The molecule has 4 amide bonds. The van der Waals surface area contributed by atoms with E-state index < -0.39 is 17.8 Å². The van der Waals surface area contributed by atoms with Crippen molar-refractivity contribution in [1.82, 2.24) is 5.32 Å². The number of urea groups is 1. The maximum atomic E-state index is 13.3. The number of halogens is 2. The number of carbonyl (C=O) groups excluding carboxylic acids is 3. The number of barbiturate groups is 1. The van der Waals surface area contributed by atoms with Crippen LogP contribution in [-0.2, 0) is 16.2 Å². The lowest BCUT2D eigenvalue weighted by molar-refractivity contribution is -0.122. The molecule has 3 aromatic rings. The van der Waals surface area contributed by atoms with Gasteiger partial charge in [0.1, 0.15) is 24.5 Å². The number of ether oxygens (including phenoxy) is 3. The van der Waals surface area contributed by atoms with Gasteiger partial charge >= 0.3 is 6.03 Å². The summed E-state index contributed by atoms with van der Waals surface area (Å²) in [7, 11) is 1.47. The highest BCUT2D eigenvalue weighted by molar-refractivity contribution is 9.10. The minimum absolute atomic E-state index is 0.221. The SMILES string of the molecule is C=CCOc1c(Br)cc(/C=C2\C(=O)NC(=O)N(c3ccc(OCc4ccc(Cl)cc4)cc3)C2=O)cc1OC. The van der Waals surface area contributed by atoms with Crippen LogP contribution in [-0.4, -0.2) is 31.6 Å². The Hall–Kier alpha value is -4.08. The molecule has 0 radical (unpaired) electrons. The molecular weight excluding hydrogens is 576 g/mol. The summed E-state index contributed by atoms with van der Waals surface area (Å²) in [5, 5.41) is 2.85. The van der Waals surface area contributed by atoms with Gasteiger partial charge in [0.25, 0.3) is 11.8 Å². The van der Waals surface area contributed by atoms with E-state index in [0.29, 0.717) is 38.9 Å². The number of rotatable bonds is 9. The fourth-order valence-electron chi connectivity index (χ4n) is 3.60. The number of nitrogens with one attached hydrogen (secondary N) is 1. The summed E-state index contributed by atoms with van der Waals surface area (Å²) < 4.78 is 17.3. The molecule has 0 aromatic heterocycles. The van der Waals surface area contributed by atoms with Gasteiger partial charge in [0.15, 0.2) is 11.5 Å². The Kier molecular flexibility index (Phi) is 8.50. The zero-order valence-corrected chi connectivity index (χ0v) is 22.5. The highest BCUT2D eigenvalue weighted by Crippen LogP contribution is 2.37.